The van der Waals surface area contributed by atoms with Gasteiger partial charge < -0.3 is 9.88 Å². The van der Waals surface area contributed by atoms with Gasteiger partial charge in [-0.05, 0) is 54.6 Å². The first-order valence-electron chi connectivity index (χ1n) is 11.7. The first kappa shape index (κ1) is 23.5. The van der Waals surface area contributed by atoms with E-state index in [1.165, 1.54) is 0 Å². The fourth-order valence-corrected chi connectivity index (χ4v) is 3.88. The Labute approximate surface area is 191 Å². The van der Waals surface area contributed by atoms with E-state index in [1.54, 1.807) is 0 Å². The van der Waals surface area contributed by atoms with E-state index in [1.807, 2.05) is 47.0 Å². The van der Waals surface area contributed by atoms with E-state index in [0.29, 0.717) is 18.7 Å². The Kier molecular flexibility index (Phi) is 8.83. The number of unbranched alkanes of at least 4 members (excludes halogenated alkanes) is 2. The predicted octanol–water partition coefficient (Wildman–Crippen LogP) is 5.67. The Morgan fingerprint density at radius 1 is 0.938 bits per heavy atom. The van der Waals surface area contributed by atoms with Gasteiger partial charge in [-0.2, -0.15) is 5.26 Å². The molecule has 0 atom stereocenters. The van der Waals surface area contributed by atoms with Crippen molar-refractivity contribution in [3.63, 3.8) is 0 Å². The molecule has 0 saturated heterocycles. The average Bonchev–Trinajstić information content (AvgIpc) is 2.83. The van der Waals surface area contributed by atoms with Crippen molar-refractivity contribution in [2.75, 3.05) is 6.54 Å². The van der Waals surface area contributed by atoms with Gasteiger partial charge in [0.25, 0.3) is 5.56 Å². The molecular weight excluding hydrogens is 394 g/mol. The molecule has 1 heterocycles. The van der Waals surface area contributed by atoms with Crippen LogP contribution >= 0.6 is 0 Å². The van der Waals surface area contributed by atoms with Gasteiger partial charge >= 0.3 is 0 Å². The molecule has 1 N–H and O–H groups in total. The molecule has 4 nitrogen and oxygen atoms in total. The van der Waals surface area contributed by atoms with Crippen molar-refractivity contribution in [2.24, 2.45) is 0 Å². The lowest BCUT2D eigenvalue weighted by Gasteiger charge is -2.16. The first-order valence-corrected chi connectivity index (χ1v) is 11.7. The Balaban J connectivity index is 1.85. The first-order chi connectivity index (χ1) is 15.7. The highest BCUT2D eigenvalue weighted by Gasteiger charge is 2.10. The lowest BCUT2D eigenvalue weighted by atomic mass is 9.99. The van der Waals surface area contributed by atoms with Gasteiger partial charge in [-0.1, -0.05) is 75.2 Å². The Morgan fingerprint density at radius 3 is 2.41 bits per heavy atom. The summed E-state index contributed by atoms with van der Waals surface area (Å²) in [7, 11) is 0. The van der Waals surface area contributed by atoms with Crippen LogP contribution in [-0.4, -0.2) is 11.1 Å². The topological polar surface area (TPSA) is 57.8 Å². The molecule has 0 radical (unpaired) electrons. The SMILES string of the molecule is CCCCNCc1ccc(CCCC)n(Cc2ccc(-c3ccccc3C#N)cc2)c1=O. The average molecular weight is 428 g/mol. The lowest BCUT2D eigenvalue weighted by Crippen LogP contribution is -2.30. The maximum absolute atomic E-state index is 13.3. The molecule has 0 bridgehead atoms. The number of hydrogen-bond donors (Lipinski definition) is 1. The number of rotatable bonds is 11. The number of pyridine rings is 1. The van der Waals surface area contributed by atoms with Crippen LogP contribution < -0.4 is 10.9 Å². The van der Waals surface area contributed by atoms with Gasteiger partial charge in [-0.3, -0.25) is 4.79 Å². The van der Waals surface area contributed by atoms with Crippen LogP contribution in [0.1, 0.15) is 61.9 Å². The second kappa shape index (κ2) is 12.0. The van der Waals surface area contributed by atoms with E-state index in [-0.39, 0.29) is 5.56 Å². The zero-order valence-corrected chi connectivity index (χ0v) is 19.2. The molecule has 0 aliphatic rings. The molecule has 0 unspecified atom stereocenters. The standard InChI is InChI=1S/C28H33N3O/c1-3-5-10-26-17-16-25(20-30-18-6-4-2)28(32)31(26)21-22-12-14-23(15-13-22)27-11-8-7-9-24(27)19-29/h7-9,11-17,30H,3-6,10,18,20-21H2,1-2H3. The van der Waals surface area contributed by atoms with Crippen LogP contribution in [0.4, 0.5) is 0 Å². The molecule has 0 aliphatic heterocycles. The summed E-state index contributed by atoms with van der Waals surface area (Å²) in [6.45, 7) is 6.43. The second-order valence-electron chi connectivity index (χ2n) is 8.23. The van der Waals surface area contributed by atoms with Crippen molar-refractivity contribution in [3.05, 3.63) is 93.4 Å². The third-order valence-corrected chi connectivity index (χ3v) is 5.81. The highest BCUT2D eigenvalue weighted by Crippen LogP contribution is 2.23. The minimum atomic E-state index is 0.0986. The number of benzene rings is 2. The molecule has 32 heavy (non-hydrogen) atoms. The monoisotopic (exact) mass is 427 g/mol. The number of hydrogen-bond acceptors (Lipinski definition) is 3. The van der Waals surface area contributed by atoms with Crippen LogP contribution in [0.2, 0.25) is 0 Å². The maximum atomic E-state index is 13.3. The number of nitrogens with one attached hydrogen (secondary N) is 1. The number of aryl methyl sites for hydroxylation is 1. The van der Waals surface area contributed by atoms with Gasteiger partial charge in [0.2, 0.25) is 0 Å². The van der Waals surface area contributed by atoms with Gasteiger partial charge in [0.1, 0.15) is 0 Å². The van der Waals surface area contributed by atoms with Crippen LogP contribution in [0.3, 0.4) is 0 Å². The van der Waals surface area contributed by atoms with Gasteiger partial charge in [0.05, 0.1) is 18.2 Å². The van der Waals surface area contributed by atoms with Crippen molar-refractivity contribution in [3.8, 4) is 17.2 Å². The van der Waals surface area contributed by atoms with Crippen LogP contribution in [0.15, 0.2) is 65.5 Å². The van der Waals surface area contributed by atoms with Crippen LogP contribution in [0.5, 0.6) is 0 Å². The minimum Gasteiger partial charge on any atom is -0.312 e. The second-order valence-corrected chi connectivity index (χ2v) is 8.23. The van der Waals surface area contributed by atoms with Crippen LogP contribution in [0, 0.1) is 11.3 Å². The van der Waals surface area contributed by atoms with Gasteiger partial charge in [-0.15, -0.1) is 0 Å². The van der Waals surface area contributed by atoms with Crippen molar-refractivity contribution in [1.82, 2.24) is 9.88 Å². The zero-order chi connectivity index (χ0) is 22.8. The summed E-state index contributed by atoms with van der Waals surface area (Å²) < 4.78 is 1.94. The van der Waals surface area contributed by atoms with E-state index in [4.69, 9.17) is 0 Å². The molecule has 0 amide bonds. The van der Waals surface area contributed by atoms with Crippen molar-refractivity contribution in [2.45, 2.75) is 59.0 Å². The summed E-state index contributed by atoms with van der Waals surface area (Å²) in [5.74, 6) is 0. The zero-order valence-electron chi connectivity index (χ0n) is 19.2. The fraction of sp³-hybridized carbons (Fsp3) is 0.357. The number of nitrogens with zero attached hydrogens (tertiary/aromatic N) is 2. The maximum Gasteiger partial charge on any atom is 0.255 e. The lowest BCUT2D eigenvalue weighted by molar-refractivity contribution is 0.618. The minimum absolute atomic E-state index is 0.0986. The Morgan fingerprint density at radius 2 is 1.69 bits per heavy atom. The van der Waals surface area contributed by atoms with Gasteiger partial charge in [0.15, 0.2) is 0 Å². The molecular formula is C28H33N3O. The molecule has 4 heteroatoms. The van der Waals surface area contributed by atoms with Crippen molar-refractivity contribution < 1.29 is 0 Å². The largest absolute Gasteiger partial charge is 0.312 e. The van der Waals surface area contributed by atoms with E-state index >= 15 is 0 Å². The fourth-order valence-electron chi connectivity index (χ4n) is 3.88. The number of nitriles is 1. The van der Waals surface area contributed by atoms with Crippen molar-refractivity contribution >= 4 is 0 Å². The smallest absolute Gasteiger partial charge is 0.255 e. The van der Waals surface area contributed by atoms with Crippen LogP contribution in [0.25, 0.3) is 11.1 Å². The molecule has 2 aromatic carbocycles. The molecule has 0 spiro atoms. The summed E-state index contributed by atoms with van der Waals surface area (Å²) >= 11 is 0. The molecule has 0 saturated carbocycles. The molecule has 0 fully saturated rings. The number of aromatic nitrogens is 1. The third kappa shape index (κ3) is 5.96. The highest BCUT2D eigenvalue weighted by atomic mass is 16.1. The summed E-state index contributed by atoms with van der Waals surface area (Å²) in [5.41, 5.74) is 5.71. The normalized spacial score (nSPS) is 10.8. The van der Waals surface area contributed by atoms with Crippen molar-refractivity contribution in [1.29, 1.82) is 5.26 Å². The summed E-state index contributed by atoms with van der Waals surface area (Å²) in [5, 5.41) is 12.8. The molecule has 3 aromatic rings. The third-order valence-electron chi connectivity index (χ3n) is 5.81. The Bertz CT molecular complexity index is 1110. The van der Waals surface area contributed by atoms with E-state index in [9.17, 15) is 10.1 Å². The molecule has 0 aliphatic carbocycles. The summed E-state index contributed by atoms with van der Waals surface area (Å²) in [6, 6.07) is 22.2. The molecule has 1 aromatic heterocycles. The van der Waals surface area contributed by atoms with Crippen LogP contribution in [-0.2, 0) is 19.5 Å². The molecule has 3 rings (SSSR count). The van der Waals surface area contributed by atoms with E-state index in [0.717, 1.165) is 66.6 Å². The quantitative estimate of drug-likeness (QED) is 0.401. The predicted molar refractivity (Wildman–Crippen MR) is 132 cm³/mol. The highest BCUT2D eigenvalue weighted by molar-refractivity contribution is 5.70. The summed E-state index contributed by atoms with van der Waals surface area (Å²) in [6.07, 6.45) is 5.33. The van der Waals surface area contributed by atoms with E-state index < -0.39 is 0 Å². The Hall–Kier alpha value is -3.16. The van der Waals surface area contributed by atoms with Gasteiger partial charge in [0, 0.05) is 17.8 Å². The van der Waals surface area contributed by atoms with Gasteiger partial charge in [-0.25, -0.2) is 0 Å². The molecule has 166 valence electrons. The summed E-state index contributed by atoms with van der Waals surface area (Å²) in [4.78, 5) is 13.3. The van der Waals surface area contributed by atoms with E-state index in [2.05, 4.69) is 43.4 Å².